The standard InChI is InChI=1S/C19H32N2O/c1-14-7-6-10-19(3,4)17(14)9-8-15(2)20-12-16-11-18(22)21(5)13-16/h7-9,15-17,20H,6,10-13H2,1-5H3/b9-8+. The van der Waals surface area contributed by atoms with Crippen LogP contribution in [0.5, 0.6) is 0 Å². The number of allylic oxidation sites excluding steroid dienone is 3. The molecule has 22 heavy (non-hydrogen) atoms. The number of hydrogen-bond donors (Lipinski definition) is 1. The SMILES string of the molecule is CC1=CCCC(C)(C)C1/C=C/C(C)NCC1CC(=O)N(C)C1. The molecule has 124 valence electrons. The quantitative estimate of drug-likeness (QED) is 0.790. The molecule has 0 aromatic rings. The van der Waals surface area contributed by atoms with Crippen LogP contribution in [0.15, 0.2) is 23.8 Å². The Morgan fingerprint density at radius 3 is 2.82 bits per heavy atom. The predicted octanol–water partition coefficient (Wildman–Crippen LogP) is 3.38. The van der Waals surface area contributed by atoms with Crippen LogP contribution in [0, 0.1) is 17.3 Å². The van der Waals surface area contributed by atoms with Gasteiger partial charge >= 0.3 is 0 Å². The Labute approximate surface area is 135 Å². The number of hydrogen-bond acceptors (Lipinski definition) is 2. The van der Waals surface area contributed by atoms with Crippen molar-refractivity contribution in [2.75, 3.05) is 20.1 Å². The molecule has 1 saturated heterocycles. The van der Waals surface area contributed by atoms with Crippen LogP contribution >= 0.6 is 0 Å². The molecule has 0 spiro atoms. The zero-order valence-electron chi connectivity index (χ0n) is 14.9. The summed E-state index contributed by atoms with van der Waals surface area (Å²) in [6.45, 7) is 11.0. The number of carbonyl (C=O) groups excluding carboxylic acids is 1. The molecule has 1 aliphatic carbocycles. The number of carbonyl (C=O) groups is 1. The fraction of sp³-hybridized carbons (Fsp3) is 0.737. The molecule has 3 atom stereocenters. The monoisotopic (exact) mass is 304 g/mol. The fourth-order valence-electron chi connectivity index (χ4n) is 3.77. The number of nitrogens with one attached hydrogen (secondary N) is 1. The highest BCUT2D eigenvalue weighted by Gasteiger charge is 2.31. The third-order valence-electron chi connectivity index (χ3n) is 5.33. The summed E-state index contributed by atoms with van der Waals surface area (Å²) in [6, 6.07) is 0.353. The summed E-state index contributed by atoms with van der Waals surface area (Å²) in [5, 5.41) is 3.56. The lowest BCUT2D eigenvalue weighted by atomic mass is 9.68. The first kappa shape index (κ1) is 17.3. The second kappa shape index (κ2) is 6.99. The van der Waals surface area contributed by atoms with E-state index in [1.807, 2.05) is 11.9 Å². The van der Waals surface area contributed by atoms with Gasteiger partial charge in [0.15, 0.2) is 0 Å². The Hall–Kier alpha value is -1.09. The minimum atomic E-state index is 0.278. The van der Waals surface area contributed by atoms with Gasteiger partial charge in [0, 0.05) is 38.5 Å². The summed E-state index contributed by atoms with van der Waals surface area (Å²) in [5.74, 6) is 1.28. The van der Waals surface area contributed by atoms with Crippen LogP contribution in [0.1, 0.15) is 47.0 Å². The van der Waals surface area contributed by atoms with Crippen molar-refractivity contribution in [3.8, 4) is 0 Å². The van der Waals surface area contributed by atoms with Gasteiger partial charge in [0.2, 0.25) is 5.91 Å². The summed E-state index contributed by atoms with van der Waals surface area (Å²) in [7, 11) is 1.89. The van der Waals surface area contributed by atoms with E-state index in [2.05, 4.69) is 51.2 Å². The molecule has 1 fully saturated rings. The lowest BCUT2D eigenvalue weighted by Crippen LogP contribution is -2.32. The zero-order chi connectivity index (χ0) is 16.3. The van der Waals surface area contributed by atoms with Gasteiger partial charge in [0.1, 0.15) is 0 Å². The van der Waals surface area contributed by atoms with Gasteiger partial charge in [-0.05, 0) is 38.0 Å². The van der Waals surface area contributed by atoms with E-state index in [1.165, 1.54) is 18.4 Å². The van der Waals surface area contributed by atoms with E-state index in [1.54, 1.807) is 0 Å². The van der Waals surface area contributed by atoms with Crippen LogP contribution in [0.3, 0.4) is 0 Å². The predicted molar refractivity (Wildman–Crippen MR) is 92.6 cm³/mol. The van der Waals surface area contributed by atoms with Gasteiger partial charge in [0.25, 0.3) is 0 Å². The molecule has 0 aromatic carbocycles. The van der Waals surface area contributed by atoms with Gasteiger partial charge in [-0.1, -0.05) is 37.6 Å². The van der Waals surface area contributed by atoms with E-state index in [-0.39, 0.29) is 5.91 Å². The van der Waals surface area contributed by atoms with Crippen molar-refractivity contribution >= 4 is 5.91 Å². The molecule has 2 aliphatic rings. The second-order valence-corrected chi connectivity index (χ2v) is 7.88. The summed E-state index contributed by atoms with van der Waals surface area (Å²) in [4.78, 5) is 13.4. The summed E-state index contributed by atoms with van der Waals surface area (Å²) >= 11 is 0. The molecule has 1 N–H and O–H groups in total. The van der Waals surface area contributed by atoms with E-state index in [9.17, 15) is 4.79 Å². The first-order valence-electron chi connectivity index (χ1n) is 8.62. The van der Waals surface area contributed by atoms with Gasteiger partial charge in [-0.15, -0.1) is 0 Å². The van der Waals surface area contributed by atoms with E-state index in [0.717, 1.165) is 13.1 Å². The van der Waals surface area contributed by atoms with Gasteiger partial charge in [-0.2, -0.15) is 0 Å². The minimum Gasteiger partial charge on any atom is -0.345 e. The van der Waals surface area contributed by atoms with E-state index in [0.29, 0.717) is 29.7 Å². The molecule has 3 heteroatoms. The Kier molecular flexibility index (Phi) is 5.49. The maximum absolute atomic E-state index is 11.5. The van der Waals surface area contributed by atoms with Crippen LogP contribution < -0.4 is 5.32 Å². The molecule has 3 nitrogen and oxygen atoms in total. The van der Waals surface area contributed by atoms with Crippen molar-refractivity contribution in [1.29, 1.82) is 0 Å². The summed E-state index contributed by atoms with van der Waals surface area (Å²) < 4.78 is 0. The molecule has 3 unspecified atom stereocenters. The van der Waals surface area contributed by atoms with Crippen molar-refractivity contribution in [3.63, 3.8) is 0 Å². The molecular weight excluding hydrogens is 272 g/mol. The fourth-order valence-corrected chi connectivity index (χ4v) is 3.77. The van der Waals surface area contributed by atoms with Crippen LogP contribution in [-0.4, -0.2) is 37.0 Å². The van der Waals surface area contributed by atoms with Crippen molar-refractivity contribution in [2.45, 2.75) is 53.0 Å². The molecule has 0 bridgehead atoms. The third kappa shape index (κ3) is 4.22. The van der Waals surface area contributed by atoms with Crippen molar-refractivity contribution < 1.29 is 4.79 Å². The summed E-state index contributed by atoms with van der Waals surface area (Å²) in [5.41, 5.74) is 1.86. The molecule has 0 aromatic heterocycles. The molecule has 2 rings (SSSR count). The summed E-state index contributed by atoms with van der Waals surface area (Å²) in [6.07, 6.45) is 10.2. The van der Waals surface area contributed by atoms with Crippen LogP contribution in [-0.2, 0) is 4.79 Å². The van der Waals surface area contributed by atoms with Crippen LogP contribution in [0.4, 0.5) is 0 Å². The Morgan fingerprint density at radius 2 is 2.23 bits per heavy atom. The lowest BCUT2D eigenvalue weighted by Gasteiger charge is -2.37. The van der Waals surface area contributed by atoms with Crippen LogP contribution in [0.2, 0.25) is 0 Å². The Balaban J connectivity index is 1.83. The molecule has 0 radical (unpaired) electrons. The minimum absolute atomic E-state index is 0.278. The lowest BCUT2D eigenvalue weighted by molar-refractivity contribution is -0.126. The average Bonchev–Trinajstić information content (AvgIpc) is 2.74. The Morgan fingerprint density at radius 1 is 1.50 bits per heavy atom. The van der Waals surface area contributed by atoms with E-state index >= 15 is 0 Å². The van der Waals surface area contributed by atoms with Crippen molar-refractivity contribution in [2.24, 2.45) is 17.3 Å². The highest BCUT2D eigenvalue weighted by atomic mass is 16.2. The maximum Gasteiger partial charge on any atom is 0.222 e. The zero-order valence-corrected chi connectivity index (χ0v) is 14.9. The highest BCUT2D eigenvalue weighted by molar-refractivity contribution is 5.78. The molecule has 0 saturated carbocycles. The first-order chi connectivity index (χ1) is 10.3. The smallest absolute Gasteiger partial charge is 0.222 e. The number of rotatable bonds is 5. The van der Waals surface area contributed by atoms with Gasteiger partial charge < -0.3 is 10.2 Å². The Bertz CT molecular complexity index is 464. The van der Waals surface area contributed by atoms with Gasteiger partial charge in [0.05, 0.1) is 0 Å². The third-order valence-corrected chi connectivity index (χ3v) is 5.33. The number of amides is 1. The largest absolute Gasteiger partial charge is 0.345 e. The molecule has 1 heterocycles. The van der Waals surface area contributed by atoms with E-state index in [4.69, 9.17) is 0 Å². The van der Waals surface area contributed by atoms with Crippen LogP contribution in [0.25, 0.3) is 0 Å². The molecular formula is C19H32N2O. The van der Waals surface area contributed by atoms with Gasteiger partial charge in [-0.3, -0.25) is 4.79 Å². The van der Waals surface area contributed by atoms with E-state index < -0.39 is 0 Å². The number of likely N-dealkylation sites (tertiary alicyclic amines) is 1. The van der Waals surface area contributed by atoms with Crippen molar-refractivity contribution in [1.82, 2.24) is 10.2 Å². The normalized spacial score (nSPS) is 30.0. The highest BCUT2D eigenvalue weighted by Crippen LogP contribution is 2.41. The maximum atomic E-state index is 11.5. The van der Waals surface area contributed by atoms with Gasteiger partial charge in [-0.25, -0.2) is 0 Å². The molecule has 1 aliphatic heterocycles. The number of nitrogens with zero attached hydrogens (tertiary/aromatic N) is 1. The average molecular weight is 304 g/mol. The second-order valence-electron chi connectivity index (χ2n) is 7.88. The first-order valence-corrected chi connectivity index (χ1v) is 8.62. The molecule has 1 amide bonds. The topological polar surface area (TPSA) is 32.3 Å². The van der Waals surface area contributed by atoms with Crippen molar-refractivity contribution in [3.05, 3.63) is 23.8 Å².